The maximum absolute atomic E-state index is 13.2. The average molecular weight is 344 g/mol. The summed E-state index contributed by atoms with van der Waals surface area (Å²) < 4.78 is 61.6. The fraction of sp³-hybridized carbons (Fsp3) is 0.0909. The smallest absolute Gasteiger partial charge is 0.341 e. The van der Waals surface area contributed by atoms with Crippen LogP contribution in [0.2, 0.25) is 0 Å². The summed E-state index contributed by atoms with van der Waals surface area (Å²) in [6, 6.07) is 3.99. The molecule has 0 aliphatic carbocycles. The number of tetrazole rings is 1. The lowest BCUT2D eigenvalue weighted by atomic mass is 10.3. The highest BCUT2D eigenvalue weighted by molar-refractivity contribution is 7.91. The second-order valence-electron chi connectivity index (χ2n) is 4.00. The van der Waals surface area contributed by atoms with Gasteiger partial charge in [-0.3, -0.25) is 0 Å². The standard InChI is InChI=1S/C11H7F3N6O2S/c12-7-1-2-8(9(3-7)23(21,22)11(13)14)16-5-6(4-15)10-17-19-20-18-10/h1-3,5,11,16H,(H,17,18,19,20). The van der Waals surface area contributed by atoms with E-state index in [0.717, 1.165) is 18.3 Å². The predicted octanol–water partition coefficient (Wildman–Crippen LogP) is 1.31. The average Bonchev–Trinajstić information content (AvgIpc) is 3.03. The first-order chi connectivity index (χ1) is 10.9. The lowest BCUT2D eigenvalue weighted by molar-refractivity contribution is 0.235. The van der Waals surface area contributed by atoms with Gasteiger partial charge < -0.3 is 5.32 Å². The van der Waals surface area contributed by atoms with Crippen molar-refractivity contribution < 1.29 is 21.6 Å². The van der Waals surface area contributed by atoms with Gasteiger partial charge >= 0.3 is 5.76 Å². The molecule has 0 aliphatic rings. The maximum atomic E-state index is 13.2. The third kappa shape index (κ3) is 3.46. The highest BCUT2D eigenvalue weighted by Gasteiger charge is 2.29. The van der Waals surface area contributed by atoms with Crippen molar-refractivity contribution in [1.82, 2.24) is 20.6 Å². The quantitative estimate of drug-likeness (QED) is 0.784. The van der Waals surface area contributed by atoms with E-state index in [0.29, 0.717) is 6.07 Å². The number of allylic oxidation sites excluding steroid dienone is 1. The van der Waals surface area contributed by atoms with E-state index < -0.39 is 26.3 Å². The number of nitrogens with one attached hydrogen (secondary N) is 2. The monoisotopic (exact) mass is 344 g/mol. The summed E-state index contributed by atoms with van der Waals surface area (Å²) in [4.78, 5) is -0.936. The van der Waals surface area contributed by atoms with E-state index >= 15 is 0 Å². The summed E-state index contributed by atoms with van der Waals surface area (Å²) in [5, 5.41) is 23.7. The molecule has 120 valence electrons. The number of benzene rings is 1. The van der Waals surface area contributed by atoms with Crippen LogP contribution < -0.4 is 5.32 Å². The molecule has 0 fully saturated rings. The number of hydrogen-bond donors (Lipinski definition) is 2. The molecule has 2 rings (SSSR count). The normalized spacial score (nSPS) is 12.2. The van der Waals surface area contributed by atoms with Crippen molar-refractivity contribution in [1.29, 1.82) is 5.26 Å². The molecule has 2 aromatic rings. The molecule has 0 spiro atoms. The van der Waals surface area contributed by atoms with Crippen LogP contribution in [0.15, 0.2) is 29.3 Å². The second-order valence-corrected chi connectivity index (χ2v) is 5.88. The van der Waals surface area contributed by atoms with E-state index in [1.54, 1.807) is 6.07 Å². The number of nitrogens with zero attached hydrogens (tertiary/aromatic N) is 4. The van der Waals surface area contributed by atoms with Crippen LogP contribution >= 0.6 is 0 Å². The minimum absolute atomic E-state index is 0.0969. The van der Waals surface area contributed by atoms with Crippen molar-refractivity contribution in [2.75, 3.05) is 5.32 Å². The summed E-state index contributed by atoms with van der Waals surface area (Å²) in [5.41, 5.74) is -0.480. The van der Waals surface area contributed by atoms with Gasteiger partial charge in [-0.25, -0.2) is 12.8 Å². The Labute approximate surface area is 127 Å². The van der Waals surface area contributed by atoms with Gasteiger partial charge in [-0.2, -0.15) is 19.3 Å². The summed E-state index contributed by atoms with van der Waals surface area (Å²) in [6.07, 6.45) is 0.989. The number of hydrogen-bond acceptors (Lipinski definition) is 7. The number of nitriles is 1. The first kappa shape index (κ1) is 16.4. The number of H-pyrrole nitrogens is 1. The Morgan fingerprint density at radius 2 is 2.17 bits per heavy atom. The summed E-state index contributed by atoms with van der Waals surface area (Å²) in [7, 11) is -5.04. The van der Waals surface area contributed by atoms with E-state index in [9.17, 15) is 21.6 Å². The van der Waals surface area contributed by atoms with Crippen LogP contribution in [-0.2, 0) is 9.84 Å². The Morgan fingerprint density at radius 1 is 1.43 bits per heavy atom. The SMILES string of the molecule is N#CC(=CNc1ccc(F)cc1S(=O)(=O)C(F)F)c1nn[nH]n1. The molecule has 12 heteroatoms. The predicted molar refractivity (Wildman–Crippen MR) is 71.0 cm³/mol. The number of sulfone groups is 1. The van der Waals surface area contributed by atoms with Crippen LogP contribution in [0.1, 0.15) is 5.82 Å². The number of rotatable bonds is 5. The Hall–Kier alpha value is -2.94. The zero-order chi connectivity index (χ0) is 17.0. The zero-order valence-corrected chi connectivity index (χ0v) is 11.9. The van der Waals surface area contributed by atoms with Gasteiger partial charge in [0.2, 0.25) is 15.7 Å². The van der Waals surface area contributed by atoms with Crippen LogP contribution in [0.5, 0.6) is 0 Å². The van der Waals surface area contributed by atoms with E-state index in [2.05, 4.69) is 25.9 Å². The van der Waals surface area contributed by atoms with Gasteiger partial charge in [0.1, 0.15) is 17.5 Å². The summed E-state index contributed by atoms with van der Waals surface area (Å²) in [6.45, 7) is 0. The third-order valence-electron chi connectivity index (χ3n) is 2.56. The minimum atomic E-state index is -5.04. The van der Waals surface area contributed by atoms with Crippen LogP contribution in [0.4, 0.5) is 18.9 Å². The lowest BCUT2D eigenvalue weighted by Gasteiger charge is -2.10. The maximum Gasteiger partial charge on any atom is 0.341 e. The minimum Gasteiger partial charge on any atom is -0.359 e. The van der Waals surface area contributed by atoms with Gasteiger partial charge in [0.25, 0.3) is 0 Å². The van der Waals surface area contributed by atoms with Crippen molar-refractivity contribution in [2.24, 2.45) is 0 Å². The summed E-state index contributed by atoms with van der Waals surface area (Å²) >= 11 is 0. The Balaban J connectivity index is 2.44. The molecule has 0 unspecified atom stereocenters. The molecule has 0 saturated carbocycles. The molecular formula is C11H7F3N6O2S. The molecule has 0 saturated heterocycles. The zero-order valence-electron chi connectivity index (χ0n) is 11.0. The Kier molecular flexibility index (Phi) is 4.60. The second kappa shape index (κ2) is 6.44. The first-order valence-corrected chi connectivity index (χ1v) is 7.33. The van der Waals surface area contributed by atoms with Gasteiger partial charge in [0.15, 0.2) is 0 Å². The first-order valence-electron chi connectivity index (χ1n) is 5.78. The fourth-order valence-electron chi connectivity index (χ4n) is 1.52. The van der Waals surface area contributed by atoms with Gasteiger partial charge in [-0.15, -0.1) is 10.2 Å². The summed E-state index contributed by atoms with van der Waals surface area (Å²) in [5.74, 6) is -4.82. The van der Waals surface area contributed by atoms with Crippen molar-refractivity contribution in [3.8, 4) is 6.07 Å². The van der Waals surface area contributed by atoms with Gasteiger partial charge in [0, 0.05) is 6.20 Å². The number of halogens is 3. The van der Waals surface area contributed by atoms with Crippen LogP contribution in [0.25, 0.3) is 5.57 Å². The fourth-order valence-corrected chi connectivity index (χ4v) is 2.42. The number of aromatic amines is 1. The highest BCUT2D eigenvalue weighted by Crippen LogP contribution is 2.27. The molecule has 1 aromatic carbocycles. The molecule has 0 radical (unpaired) electrons. The molecule has 1 aromatic heterocycles. The van der Waals surface area contributed by atoms with Gasteiger partial charge in [-0.05, 0) is 23.4 Å². The number of aromatic nitrogens is 4. The van der Waals surface area contributed by atoms with Crippen molar-refractivity contribution >= 4 is 21.1 Å². The molecule has 0 amide bonds. The van der Waals surface area contributed by atoms with E-state index in [1.807, 2.05) is 0 Å². The molecule has 0 atom stereocenters. The van der Waals surface area contributed by atoms with Crippen LogP contribution in [0.3, 0.4) is 0 Å². The van der Waals surface area contributed by atoms with Crippen molar-refractivity contribution in [3.05, 3.63) is 36.0 Å². The topological polar surface area (TPSA) is 124 Å². The van der Waals surface area contributed by atoms with E-state index in [4.69, 9.17) is 5.26 Å². The molecule has 2 N–H and O–H groups in total. The third-order valence-corrected chi connectivity index (χ3v) is 3.98. The van der Waals surface area contributed by atoms with E-state index in [-0.39, 0.29) is 17.1 Å². The van der Waals surface area contributed by atoms with Crippen molar-refractivity contribution in [3.63, 3.8) is 0 Å². The van der Waals surface area contributed by atoms with Gasteiger partial charge in [-0.1, -0.05) is 0 Å². The molecule has 1 heterocycles. The molecule has 8 nitrogen and oxygen atoms in total. The van der Waals surface area contributed by atoms with Gasteiger partial charge in [0.05, 0.1) is 10.6 Å². The molecule has 23 heavy (non-hydrogen) atoms. The highest BCUT2D eigenvalue weighted by atomic mass is 32.2. The lowest BCUT2D eigenvalue weighted by Crippen LogP contribution is -2.13. The molecule has 0 aliphatic heterocycles. The Bertz CT molecular complexity index is 874. The van der Waals surface area contributed by atoms with Crippen LogP contribution in [0, 0.1) is 17.1 Å². The number of anilines is 1. The Morgan fingerprint density at radius 3 is 2.74 bits per heavy atom. The molecular weight excluding hydrogens is 337 g/mol. The number of alkyl halides is 2. The van der Waals surface area contributed by atoms with Crippen molar-refractivity contribution in [2.45, 2.75) is 10.7 Å². The molecule has 0 bridgehead atoms. The van der Waals surface area contributed by atoms with E-state index in [1.165, 1.54) is 0 Å². The largest absolute Gasteiger partial charge is 0.359 e. The van der Waals surface area contributed by atoms with Crippen LogP contribution in [-0.4, -0.2) is 34.8 Å².